The largest absolute Gasteiger partial charge is 0.455 e. The van der Waals surface area contributed by atoms with Crippen molar-refractivity contribution in [3.63, 3.8) is 0 Å². The second kappa shape index (κ2) is 9.93. The van der Waals surface area contributed by atoms with Crippen molar-refractivity contribution in [2.75, 3.05) is 13.2 Å². The van der Waals surface area contributed by atoms with Gasteiger partial charge in [-0.15, -0.1) is 0 Å². The van der Waals surface area contributed by atoms with Gasteiger partial charge >= 0.3 is 21.3 Å². The first kappa shape index (κ1) is 24.0. The van der Waals surface area contributed by atoms with Gasteiger partial charge in [-0.2, -0.15) is 17.2 Å². The number of hydrogen-bond acceptors (Lipinski definition) is 5. The molecule has 0 heterocycles. The number of ether oxygens (including phenoxy) is 2. The van der Waals surface area contributed by atoms with Crippen LogP contribution in [0, 0.1) is 5.92 Å². The van der Waals surface area contributed by atoms with E-state index in [1.54, 1.807) is 0 Å². The second-order valence-corrected chi connectivity index (χ2v) is 8.94. The van der Waals surface area contributed by atoms with Gasteiger partial charge in [-0.25, -0.2) is 4.79 Å². The van der Waals surface area contributed by atoms with Gasteiger partial charge in [-0.05, 0) is 31.6 Å². The lowest BCUT2D eigenvalue weighted by atomic mass is 9.79. The molecule has 0 amide bonds. The van der Waals surface area contributed by atoms with Gasteiger partial charge in [0, 0.05) is 0 Å². The molecule has 0 saturated heterocycles. The van der Waals surface area contributed by atoms with E-state index in [0.29, 0.717) is 0 Å². The molecule has 0 aromatic heterocycles. The number of carbonyl (C=O) groups excluding carboxylic acids is 1. The van der Waals surface area contributed by atoms with E-state index in [2.05, 4.69) is 6.58 Å². The molecule has 0 spiro atoms. The zero-order valence-electron chi connectivity index (χ0n) is 16.0. The van der Waals surface area contributed by atoms with E-state index in [1.807, 2.05) is 13.8 Å². The topological polar surface area (TPSA) is 89.9 Å². The van der Waals surface area contributed by atoms with Crippen molar-refractivity contribution in [2.45, 2.75) is 76.1 Å². The third-order valence-electron chi connectivity index (χ3n) is 5.03. The maximum atomic E-state index is 13.1. The van der Waals surface area contributed by atoms with Crippen LogP contribution in [0.2, 0.25) is 0 Å². The van der Waals surface area contributed by atoms with Gasteiger partial charge in [0.05, 0.1) is 25.2 Å². The number of rotatable bonds is 9. The first-order chi connectivity index (χ1) is 12.4. The molecular weight excluding hydrogens is 382 g/mol. The van der Waals surface area contributed by atoms with Crippen molar-refractivity contribution >= 4 is 16.1 Å². The summed E-state index contributed by atoms with van der Waals surface area (Å²) in [5.41, 5.74) is -0.592. The van der Waals surface area contributed by atoms with Crippen molar-refractivity contribution in [1.29, 1.82) is 0 Å². The maximum absolute atomic E-state index is 13.1. The number of alkyl halides is 2. The molecule has 0 bridgehead atoms. The molecule has 0 unspecified atom stereocenters. The Morgan fingerprint density at radius 3 is 2.19 bits per heavy atom. The molecule has 1 rings (SSSR count). The Labute approximate surface area is 160 Å². The summed E-state index contributed by atoms with van der Waals surface area (Å²) in [7, 11) is -5.49. The van der Waals surface area contributed by atoms with Crippen molar-refractivity contribution in [3.8, 4) is 0 Å². The fourth-order valence-electron chi connectivity index (χ4n) is 3.13. The highest BCUT2D eigenvalue weighted by molar-refractivity contribution is 7.86. The molecule has 0 aromatic rings. The normalized spacial score (nSPS) is 18.6. The highest BCUT2D eigenvalue weighted by Crippen LogP contribution is 2.36. The number of carbonyl (C=O) groups is 1. The predicted octanol–water partition coefficient (Wildman–Crippen LogP) is 4.11. The quantitative estimate of drug-likeness (QED) is 0.265. The summed E-state index contributed by atoms with van der Waals surface area (Å²) >= 11 is 0. The first-order valence-corrected chi connectivity index (χ1v) is 10.7. The highest BCUT2D eigenvalue weighted by atomic mass is 32.2. The molecule has 27 heavy (non-hydrogen) atoms. The van der Waals surface area contributed by atoms with Gasteiger partial charge in [-0.1, -0.05) is 39.7 Å². The molecule has 1 aliphatic rings. The van der Waals surface area contributed by atoms with Crippen LogP contribution in [0.15, 0.2) is 12.2 Å². The average Bonchev–Trinajstić information content (AvgIpc) is 2.52. The number of esters is 1. The molecule has 1 fully saturated rings. The van der Waals surface area contributed by atoms with Crippen LogP contribution in [0.25, 0.3) is 0 Å². The SMILES string of the molecule is C=C(COCCC(F)(F)S(=O)(=O)O)C(=O)OC1(C(C)C)CCCCCCC1. The Bertz CT molecular complexity index is 607. The summed E-state index contributed by atoms with van der Waals surface area (Å²) < 4.78 is 66.4. The summed E-state index contributed by atoms with van der Waals surface area (Å²) in [6.07, 6.45) is 5.63. The van der Waals surface area contributed by atoms with Gasteiger partial charge < -0.3 is 9.47 Å². The third-order valence-corrected chi connectivity index (χ3v) is 5.99. The van der Waals surface area contributed by atoms with Gasteiger partial charge in [0.2, 0.25) is 0 Å². The highest BCUT2D eigenvalue weighted by Gasteiger charge is 2.43. The fraction of sp³-hybridized carbons (Fsp3) is 0.833. The summed E-state index contributed by atoms with van der Waals surface area (Å²) in [5.74, 6) is -0.507. The lowest BCUT2D eigenvalue weighted by Gasteiger charge is -2.38. The smallest absolute Gasteiger partial charge is 0.372 e. The molecule has 0 radical (unpaired) electrons. The lowest BCUT2D eigenvalue weighted by Crippen LogP contribution is -2.41. The van der Waals surface area contributed by atoms with Gasteiger partial charge in [0.1, 0.15) is 5.60 Å². The molecule has 0 atom stereocenters. The zero-order valence-corrected chi connectivity index (χ0v) is 16.8. The van der Waals surface area contributed by atoms with Crippen LogP contribution in [0.4, 0.5) is 8.78 Å². The first-order valence-electron chi connectivity index (χ1n) is 9.25. The average molecular weight is 412 g/mol. The minimum absolute atomic E-state index is 0.0211. The van der Waals surface area contributed by atoms with Crippen molar-refractivity contribution < 1.29 is 36.0 Å². The van der Waals surface area contributed by atoms with Crippen LogP contribution < -0.4 is 0 Å². The van der Waals surface area contributed by atoms with Crippen LogP contribution in [0.1, 0.15) is 65.2 Å². The van der Waals surface area contributed by atoms with Crippen molar-refractivity contribution in [3.05, 3.63) is 12.2 Å². The lowest BCUT2D eigenvalue weighted by molar-refractivity contribution is -0.164. The molecule has 1 aliphatic carbocycles. The summed E-state index contributed by atoms with van der Waals surface area (Å²) in [6, 6.07) is 0. The van der Waals surface area contributed by atoms with E-state index >= 15 is 0 Å². The van der Waals surface area contributed by atoms with Gasteiger partial charge in [0.25, 0.3) is 0 Å². The van der Waals surface area contributed by atoms with Crippen LogP contribution in [-0.2, 0) is 24.4 Å². The van der Waals surface area contributed by atoms with Gasteiger partial charge in [-0.3, -0.25) is 4.55 Å². The minimum Gasteiger partial charge on any atom is -0.455 e. The van der Waals surface area contributed by atoms with E-state index in [4.69, 9.17) is 14.0 Å². The van der Waals surface area contributed by atoms with Crippen LogP contribution in [0.5, 0.6) is 0 Å². The Kier molecular flexibility index (Phi) is 8.82. The Hall–Kier alpha value is -1.06. The van der Waals surface area contributed by atoms with E-state index in [9.17, 15) is 22.0 Å². The Morgan fingerprint density at radius 1 is 1.19 bits per heavy atom. The third kappa shape index (κ3) is 7.12. The molecule has 158 valence electrons. The van der Waals surface area contributed by atoms with Crippen LogP contribution in [0.3, 0.4) is 0 Å². The number of hydrogen-bond donors (Lipinski definition) is 1. The summed E-state index contributed by atoms with van der Waals surface area (Å²) in [4.78, 5) is 12.4. The molecule has 6 nitrogen and oxygen atoms in total. The minimum atomic E-state index is -5.49. The van der Waals surface area contributed by atoms with E-state index in [0.717, 1.165) is 38.5 Å². The monoisotopic (exact) mass is 412 g/mol. The van der Waals surface area contributed by atoms with E-state index < -0.39 is 40.0 Å². The standard InChI is InChI=1S/C18H30F2O6S/c1-14(2)17(9-7-5-4-6-8-10-17)26-16(21)15(3)13-25-12-11-18(19,20)27(22,23)24/h14H,3-13H2,1-2H3,(H,22,23,24). The zero-order chi connectivity index (χ0) is 20.7. The molecular formula is C18H30F2O6S. The van der Waals surface area contributed by atoms with Gasteiger partial charge in [0.15, 0.2) is 0 Å². The Morgan fingerprint density at radius 2 is 1.70 bits per heavy atom. The summed E-state index contributed by atoms with van der Waals surface area (Å²) in [6.45, 7) is 6.58. The maximum Gasteiger partial charge on any atom is 0.372 e. The fourth-order valence-corrected chi connectivity index (χ4v) is 3.47. The van der Waals surface area contributed by atoms with Crippen LogP contribution in [-0.4, -0.2) is 43.0 Å². The summed E-state index contributed by atoms with van der Waals surface area (Å²) in [5, 5.41) is -4.30. The predicted molar refractivity (Wildman–Crippen MR) is 97.1 cm³/mol. The van der Waals surface area contributed by atoms with E-state index in [-0.39, 0.29) is 18.1 Å². The number of halogens is 2. The molecule has 9 heteroatoms. The molecule has 0 aromatic carbocycles. The molecule has 1 saturated carbocycles. The second-order valence-electron chi connectivity index (χ2n) is 7.40. The van der Waals surface area contributed by atoms with Crippen molar-refractivity contribution in [2.24, 2.45) is 5.92 Å². The van der Waals surface area contributed by atoms with Crippen LogP contribution >= 0.6 is 0 Å². The molecule has 1 N–H and O–H groups in total. The molecule has 0 aliphatic heterocycles. The van der Waals surface area contributed by atoms with E-state index in [1.165, 1.54) is 6.42 Å². The Balaban J connectivity index is 2.55. The van der Waals surface area contributed by atoms with Crippen molar-refractivity contribution in [1.82, 2.24) is 0 Å².